The van der Waals surface area contributed by atoms with Crippen molar-refractivity contribution in [3.05, 3.63) is 44.8 Å². The van der Waals surface area contributed by atoms with Crippen LogP contribution in [0, 0.1) is 6.92 Å². The van der Waals surface area contributed by atoms with Gasteiger partial charge in [-0.2, -0.15) is 5.10 Å². The van der Waals surface area contributed by atoms with Crippen LogP contribution in [-0.2, 0) is 0 Å². The molecule has 1 saturated carbocycles. The lowest BCUT2D eigenvalue weighted by atomic mass is 9.87. The largest absolute Gasteiger partial charge is 0.341 e. The van der Waals surface area contributed by atoms with Crippen molar-refractivity contribution in [2.45, 2.75) is 44.2 Å². The number of amides is 1. The lowest BCUT2D eigenvalue weighted by Crippen LogP contribution is -2.59. The van der Waals surface area contributed by atoms with Crippen molar-refractivity contribution in [1.29, 1.82) is 0 Å². The molecule has 5 nitrogen and oxygen atoms in total. The molecule has 3 aromatic heterocycles. The van der Waals surface area contributed by atoms with E-state index in [9.17, 15) is 13.6 Å². The van der Waals surface area contributed by atoms with Crippen LogP contribution in [0.1, 0.15) is 33.8 Å². The van der Waals surface area contributed by atoms with Crippen molar-refractivity contribution < 1.29 is 13.6 Å². The van der Waals surface area contributed by atoms with Crippen LogP contribution in [0.4, 0.5) is 8.78 Å². The predicted octanol–water partition coefficient (Wildman–Crippen LogP) is 4.38. The molecular weight excluding hydrogens is 450 g/mol. The lowest BCUT2D eigenvalue weighted by Gasteiger charge is -2.36. The molecule has 0 aliphatic heterocycles. The van der Waals surface area contributed by atoms with Gasteiger partial charge in [-0.1, -0.05) is 0 Å². The van der Waals surface area contributed by atoms with Gasteiger partial charge in [0.15, 0.2) is 0 Å². The minimum Gasteiger partial charge on any atom is -0.341 e. The van der Waals surface area contributed by atoms with Crippen LogP contribution < -0.4 is 11.1 Å². The van der Waals surface area contributed by atoms with Gasteiger partial charge in [0.1, 0.15) is 6.04 Å². The zero-order valence-corrected chi connectivity index (χ0v) is 17.5. The monoisotopic (exact) mass is 468 g/mol. The van der Waals surface area contributed by atoms with E-state index in [0.29, 0.717) is 17.7 Å². The zero-order valence-electron chi connectivity index (χ0n) is 15.1. The minimum atomic E-state index is -2.99. The quantitative estimate of drug-likeness (QED) is 0.598. The summed E-state index contributed by atoms with van der Waals surface area (Å²) in [4.78, 5) is 14.0. The first-order valence-electron chi connectivity index (χ1n) is 8.94. The van der Waals surface area contributed by atoms with Gasteiger partial charge in [-0.25, -0.2) is 13.3 Å². The number of nitrogens with zero attached hydrogens (tertiary/aromatic N) is 2. The van der Waals surface area contributed by atoms with Gasteiger partial charge in [0.2, 0.25) is 0 Å². The summed E-state index contributed by atoms with van der Waals surface area (Å²) < 4.78 is 31.1. The minimum absolute atomic E-state index is 0.252. The molecule has 28 heavy (non-hydrogen) atoms. The molecular formula is C19H19BrF2N4OS. The Bertz CT molecular complexity index is 1050. The van der Waals surface area contributed by atoms with Gasteiger partial charge in [-0.15, -0.1) is 11.3 Å². The topological polar surface area (TPSA) is 72.4 Å². The third-order valence-corrected chi connectivity index (χ3v) is 6.65. The highest BCUT2D eigenvalue weighted by Crippen LogP contribution is 2.36. The van der Waals surface area contributed by atoms with Crippen LogP contribution in [0.2, 0.25) is 0 Å². The summed E-state index contributed by atoms with van der Waals surface area (Å²) in [6.45, 7) is 1.90. The highest BCUT2D eigenvalue weighted by atomic mass is 79.9. The lowest BCUT2D eigenvalue weighted by molar-refractivity contribution is -0.0674. The molecule has 1 fully saturated rings. The highest BCUT2D eigenvalue weighted by Gasteiger charge is 2.46. The van der Waals surface area contributed by atoms with Gasteiger partial charge in [0.25, 0.3) is 11.8 Å². The van der Waals surface area contributed by atoms with Crippen LogP contribution in [0.5, 0.6) is 0 Å². The van der Waals surface area contributed by atoms with Gasteiger partial charge in [-0.3, -0.25) is 4.79 Å². The van der Waals surface area contributed by atoms with E-state index in [0.717, 1.165) is 26.0 Å². The van der Waals surface area contributed by atoms with Crippen LogP contribution in [-0.4, -0.2) is 33.5 Å². The smallest absolute Gasteiger partial charge is 0.269 e. The summed E-state index contributed by atoms with van der Waals surface area (Å²) in [6, 6.07) is 3.51. The molecule has 3 N–H and O–H groups in total. The van der Waals surface area contributed by atoms with Gasteiger partial charge in [0.05, 0.1) is 16.6 Å². The molecule has 2 atom stereocenters. The standard InChI is InChI=1S/C19H19BrF2N4OS/c1-10-12(13-8-24-26-9-11(20)4-5-15(13)26)7-16(28-10)18(27)25-17-14(23)3-2-6-19(17,21)22/h4-5,7-9,14,17H,2-3,6,23H2,1H3,(H,25,27)/t14-,17+/m0/s1. The summed E-state index contributed by atoms with van der Waals surface area (Å²) in [5.74, 6) is -3.50. The van der Waals surface area contributed by atoms with E-state index in [1.165, 1.54) is 11.3 Å². The van der Waals surface area contributed by atoms with Crippen molar-refractivity contribution in [2.75, 3.05) is 0 Å². The average Bonchev–Trinajstić information content (AvgIpc) is 3.20. The number of nitrogens with one attached hydrogen (secondary N) is 1. The fourth-order valence-electron chi connectivity index (χ4n) is 3.66. The number of hydrogen-bond acceptors (Lipinski definition) is 4. The van der Waals surface area contributed by atoms with Crippen molar-refractivity contribution in [3.8, 4) is 11.1 Å². The molecule has 0 unspecified atom stereocenters. The van der Waals surface area contributed by atoms with Crippen molar-refractivity contribution in [1.82, 2.24) is 14.9 Å². The third kappa shape index (κ3) is 3.46. The summed E-state index contributed by atoms with van der Waals surface area (Å²) >= 11 is 4.69. The Kier molecular flexibility index (Phi) is 5.01. The van der Waals surface area contributed by atoms with E-state index >= 15 is 0 Å². The van der Waals surface area contributed by atoms with Crippen LogP contribution in [0.25, 0.3) is 16.6 Å². The second-order valence-corrected chi connectivity index (χ2v) is 9.26. The maximum atomic E-state index is 14.2. The number of aryl methyl sites for hydroxylation is 1. The number of nitrogens with two attached hydrogens (primary N) is 1. The fourth-order valence-corrected chi connectivity index (χ4v) is 4.93. The molecule has 3 heterocycles. The molecule has 9 heteroatoms. The van der Waals surface area contributed by atoms with E-state index in [1.54, 1.807) is 16.8 Å². The average molecular weight is 469 g/mol. The fraction of sp³-hybridized carbons (Fsp3) is 0.368. The Morgan fingerprint density at radius 1 is 1.43 bits per heavy atom. The second-order valence-electron chi connectivity index (χ2n) is 7.08. The van der Waals surface area contributed by atoms with Crippen LogP contribution in [0.3, 0.4) is 0 Å². The van der Waals surface area contributed by atoms with Crippen molar-refractivity contribution >= 4 is 38.7 Å². The van der Waals surface area contributed by atoms with Gasteiger partial charge in [0, 0.05) is 33.6 Å². The van der Waals surface area contributed by atoms with Gasteiger partial charge < -0.3 is 11.1 Å². The van der Waals surface area contributed by atoms with Crippen LogP contribution in [0.15, 0.2) is 35.1 Å². The molecule has 1 aliphatic carbocycles. The molecule has 1 amide bonds. The molecule has 0 bridgehead atoms. The van der Waals surface area contributed by atoms with Gasteiger partial charge >= 0.3 is 0 Å². The normalized spacial score (nSPS) is 21.8. The summed E-state index contributed by atoms with van der Waals surface area (Å²) in [5.41, 5.74) is 8.52. The number of carbonyl (C=O) groups excluding carboxylic acids is 1. The first-order chi connectivity index (χ1) is 13.3. The number of fused-ring (bicyclic) bond motifs is 1. The maximum Gasteiger partial charge on any atom is 0.269 e. The number of rotatable bonds is 3. The molecule has 0 spiro atoms. The Hall–Kier alpha value is -1.84. The van der Waals surface area contributed by atoms with E-state index in [4.69, 9.17) is 5.73 Å². The number of alkyl halides is 2. The number of pyridine rings is 1. The third-order valence-electron chi connectivity index (χ3n) is 5.13. The molecule has 4 rings (SSSR count). The molecule has 148 valence electrons. The number of thiophene rings is 1. The first-order valence-corrected chi connectivity index (χ1v) is 10.6. The number of carbonyl (C=O) groups is 1. The van der Waals surface area contributed by atoms with Crippen LogP contribution >= 0.6 is 27.3 Å². The Morgan fingerprint density at radius 3 is 2.96 bits per heavy atom. The Balaban J connectivity index is 1.63. The number of aromatic nitrogens is 2. The van der Waals surface area contributed by atoms with Crippen molar-refractivity contribution in [3.63, 3.8) is 0 Å². The second kappa shape index (κ2) is 7.20. The predicted molar refractivity (Wildman–Crippen MR) is 109 cm³/mol. The van der Waals surface area contributed by atoms with E-state index < -0.39 is 23.9 Å². The molecule has 3 aromatic rings. The molecule has 0 radical (unpaired) electrons. The van der Waals surface area contributed by atoms with E-state index in [-0.39, 0.29) is 6.42 Å². The van der Waals surface area contributed by atoms with Crippen molar-refractivity contribution in [2.24, 2.45) is 5.73 Å². The Morgan fingerprint density at radius 2 is 2.21 bits per heavy atom. The molecule has 0 saturated heterocycles. The summed E-state index contributed by atoms with van der Waals surface area (Å²) in [6.07, 6.45) is 4.18. The summed E-state index contributed by atoms with van der Waals surface area (Å²) in [7, 11) is 0. The number of hydrogen-bond donors (Lipinski definition) is 2. The molecule has 1 aliphatic rings. The van der Waals surface area contributed by atoms with E-state index in [1.807, 2.05) is 25.3 Å². The van der Waals surface area contributed by atoms with E-state index in [2.05, 4.69) is 26.3 Å². The zero-order chi connectivity index (χ0) is 20.1. The number of halogens is 3. The summed E-state index contributed by atoms with van der Waals surface area (Å²) in [5, 5.41) is 6.82. The highest BCUT2D eigenvalue weighted by molar-refractivity contribution is 9.10. The SMILES string of the molecule is Cc1sc(C(=O)N[C@@H]2[C@@H](N)CCCC2(F)F)cc1-c1cnn2cc(Br)ccc12. The maximum absolute atomic E-state index is 14.2. The van der Waals surface area contributed by atoms with Gasteiger partial charge in [-0.05, 0) is 59.5 Å². The molecule has 0 aromatic carbocycles. The Labute approximate surface area is 173 Å². The first kappa shape index (κ1) is 19.5.